The van der Waals surface area contributed by atoms with Gasteiger partial charge in [-0.1, -0.05) is 0 Å². The van der Waals surface area contributed by atoms with Crippen LogP contribution in [-0.4, -0.2) is 41.5 Å². The Kier molecular flexibility index (Phi) is 6.89. The molecule has 0 unspecified atom stereocenters. The summed E-state index contributed by atoms with van der Waals surface area (Å²) in [6.45, 7) is 7.39. The summed E-state index contributed by atoms with van der Waals surface area (Å²) in [5.41, 5.74) is 1.58. The number of nitrogens with zero attached hydrogens (tertiary/aromatic N) is 3. The number of nitrogens with one attached hydrogen (secondary N) is 1. The predicted molar refractivity (Wildman–Crippen MR) is 101 cm³/mol. The van der Waals surface area contributed by atoms with Gasteiger partial charge in [0.1, 0.15) is 5.82 Å². The van der Waals surface area contributed by atoms with Crippen molar-refractivity contribution in [2.75, 3.05) is 24.5 Å². The van der Waals surface area contributed by atoms with Crippen molar-refractivity contribution in [2.24, 2.45) is 0 Å². The van der Waals surface area contributed by atoms with Crippen LogP contribution in [0.1, 0.15) is 19.5 Å². The van der Waals surface area contributed by atoms with Gasteiger partial charge in [-0.05, 0) is 31.2 Å². The maximum atomic E-state index is 13.1. The Morgan fingerprint density at radius 1 is 1.44 bits per heavy atom. The van der Waals surface area contributed by atoms with E-state index in [2.05, 4.69) is 22.1 Å². The molecule has 5 nitrogen and oxygen atoms in total. The highest BCUT2D eigenvalue weighted by molar-refractivity contribution is 7.14. The van der Waals surface area contributed by atoms with Crippen LogP contribution in [0.4, 0.5) is 15.2 Å². The van der Waals surface area contributed by atoms with E-state index in [0.717, 1.165) is 31.9 Å². The van der Waals surface area contributed by atoms with Crippen LogP contribution in [0.15, 0.2) is 29.6 Å². The first-order chi connectivity index (χ1) is 11.5. The van der Waals surface area contributed by atoms with Gasteiger partial charge in [-0.25, -0.2) is 9.37 Å². The van der Waals surface area contributed by atoms with Crippen molar-refractivity contribution in [1.29, 1.82) is 0 Å². The molecule has 8 heteroatoms. The molecule has 3 rings (SSSR count). The van der Waals surface area contributed by atoms with E-state index in [4.69, 9.17) is 0 Å². The van der Waals surface area contributed by atoms with Crippen LogP contribution >= 0.6 is 23.7 Å². The predicted octanol–water partition coefficient (Wildman–Crippen LogP) is 3.18. The van der Waals surface area contributed by atoms with Crippen molar-refractivity contribution in [3.8, 4) is 0 Å². The van der Waals surface area contributed by atoms with E-state index in [1.165, 1.54) is 35.3 Å². The molecule has 1 atom stereocenters. The molecular formula is C17H22ClFN4OS. The molecular weight excluding hydrogens is 363 g/mol. The third-order valence-corrected chi connectivity index (χ3v) is 4.84. The standard InChI is InChI=1S/C17H21FN4OS.ClH/c1-12-9-21(8-7-19-12)10-15-11-24-17(20-15)22(13(2)23)16-5-3-14(18)4-6-16;/h3-6,11-12,19H,7-10H2,1-2H3;1H/t12-;/m1./s1. The lowest BCUT2D eigenvalue weighted by molar-refractivity contribution is -0.115. The molecule has 0 bridgehead atoms. The van der Waals surface area contributed by atoms with Gasteiger partial charge in [0.2, 0.25) is 5.91 Å². The first-order valence-corrected chi connectivity index (χ1v) is 8.87. The molecule has 1 saturated heterocycles. The zero-order valence-electron chi connectivity index (χ0n) is 14.2. The highest BCUT2D eigenvalue weighted by Crippen LogP contribution is 2.29. The van der Waals surface area contributed by atoms with Gasteiger partial charge in [0.25, 0.3) is 0 Å². The summed E-state index contributed by atoms with van der Waals surface area (Å²) in [5.74, 6) is -0.465. The number of aromatic nitrogens is 1. The van der Waals surface area contributed by atoms with Gasteiger partial charge in [0, 0.05) is 44.5 Å². The molecule has 0 spiro atoms. The largest absolute Gasteiger partial charge is 0.312 e. The lowest BCUT2D eigenvalue weighted by atomic mass is 10.2. The molecule has 2 heterocycles. The zero-order chi connectivity index (χ0) is 17.1. The summed E-state index contributed by atoms with van der Waals surface area (Å²) in [4.78, 5) is 20.5. The Balaban J connectivity index is 0.00000225. The number of carbonyl (C=O) groups is 1. The number of carbonyl (C=O) groups excluding carboxylic acids is 1. The lowest BCUT2D eigenvalue weighted by Crippen LogP contribution is -2.48. The third-order valence-electron chi connectivity index (χ3n) is 3.97. The van der Waals surface area contributed by atoms with Gasteiger partial charge >= 0.3 is 0 Å². The molecule has 0 saturated carbocycles. The van der Waals surface area contributed by atoms with Crippen LogP contribution in [-0.2, 0) is 11.3 Å². The second kappa shape index (κ2) is 8.71. The number of hydrogen-bond acceptors (Lipinski definition) is 5. The summed E-state index contributed by atoms with van der Waals surface area (Å²) in [5, 5.41) is 6.02. The Morgan fingerprint density at radius 3 is 2.80 bits per heavy atom. The van der Waals surface area contributed by atoms with Gasteiger partial charge in [-0.3, -0.25) is 14.6 Å². The molecule has 1 amide bonds. The van der Waals surface area contributed by atoms with Crippen LogP contribution in [0.2, 0.25) is 0 Å². The number of piperazine rings is 1. The number of halogens is 2. The normalized spacial score (nSPS) is 17.8. The minimum absolute atomic E-state index is 0. The van der Waals surface area contributed by atoms with Crippen molar-refractivity contribution >= 4 is 40.5 Å². The van der Waals surface area contributed by atoms with E-state index < -0.39 is 0 Å². The molecule has 1 N–H and O–H groups in total. The van der Waals surface area contributed by atoms with Gasteiger partial charge < -0.3 is 5.32 Å². The first kappa shape index (κ1) is 19.8. The number of thiazole rings is 1. The van der Waals surface area contributed by atoms with Crippen molar-refractivity contribution in [3.63, 3.8) is 0 Å². The summed E-state index contributed by atoms with van der Waals surface area (Å²) < 4.78 is 13.1. The summed E-state index contributed by atoms with van der Waals surface area (Å²) in [6.07, 6.45) is 0. The molecule has 1 aromatic carbocycles. The smallest absolute Gasteiger partial charge is 0.230 e. The van der Waals surface area contributed by atoms with E-state index in [0.29, 0.717) is 16.9 Å². The van der Waals surface area contributed by atoms with Crippen molar-refractivity contribution < 1.29 is 9.18 Å². The number of hydrogen-bond donors (Lipinski definition) is 1. The molecule has 1 aromatic heterocycles. The topological polar surface area (TPSA) is 48.5 Å². The Labute approximate surface area is 157 Å². The van der Waals surface area contributed by atoms with E-state index in [1.807, 2.05) is 5.38 Å². The molecule has 136 valence electrons. The average molecular weight is 385 g/mol. The van der Waals surface area contributed by atoms with Gasteiger partial charge in [-0.15, -0.1) is 23.7 Å². The van der Waals surface area contributed by atoms with E-state index in [-0.39, 0.29) is 24.1 Å². The summed E-state index contributed by atoms with van der Waals surface area (Å²) in [7, 11) is 0. The second-order valence-electron chi connectivity index (χ2n) is 6.04. The molecule has 1 aliphatic rings. The highest BCUT2D eigenvalue weighted by atomic mass is 35.5. The van der Waals surface area contributed by atoms with Gasteiger partial charge in [0.05, 0.1) is 11.4 Å². The molecule has 0 aliphatic carbocycles. The second-order valence-corrected chi connectivity index (χ2v) is 6.88. The number of anilines is 2. The summed E-state index contributed by atoms with van der Waals surface area (Å²) >= 11 is 1.43. The van der Waals surface area contributed by atoms with E-state index in [1.54, 1.807) is 12.1 Å². The van der Waals surface area contributed by atoms with E-state index >= 15 is 0 Å². The number of amides is 1. The Morgan fingerprint density at radius 2 is 2.16 bits per heavy atom. The zero-order valence-corrected chi connectivity index (χ0v) is 15.9. The Bertz CT molecular complexity index is 709. The van der Waals surface area contributed by atoms with Crippen LogP contribution in [0, 0.1) is 5.82 Å². The minimum Gasteiger partial charge on any atom is -0.312 e. The molecule has 0 radical (unpaired) electrons. The maximum absolute atomic E-state index is 13.1. The Hall–Kier alpha value is -1.54. The molecule has 1 fully saturated rings. The molecule has 2 aromatic rings. The van der Waals surface area contributed by atoms with Gasteiger partial charge in [0.15, 0.2) is 5.13 Å². The maximum Gasteiger partial charge on any atom is 0.230 e. The fourth-order valence-electron chi connectivity index (χ4n) is 2.87. The van der Waals surface area contributed by atoms with Crippen LogP contribution in [0.3, 0.4) is 0 Å². The SMILES string of the molecule is CC(=O)N(c1ccc(F)cc1)c1nc(CN2CCN[C@H](C)C2)cs1.Cl. The van der Waals surface area contributed by atoms with Crippen LogP contribution < -0.4 is 10.2 Å². The number of benzene rings is 1. The van der Waals surface area contributed by atoms with Gasteiger partial charge in [-0.2, -0.15) is 0 Å². The highest BCUT2D eigenvalue weighted by Gasteiger charge is 2.20. The fourth-order valence-corrected chi connectivity index (χ4v) is 3.75. The monoisotopic (exact) mass is 384 g/mol. The quantitative estimate of drug-likeness (QED) is 0.879. The summed E-state index contributed by atoms with van der Waals surface area (Å²) in [6, 6.07) is 6.36. The minimum atomic E-state index is -0.324. The van der Waals surface area contributed by atoms with Crippen molar-refractivity contribution in [2.45, 2.75) is 26.4 Å². The van der Waals surface area contributed by atoms with Crippen LogP contribution in [0.5, 0.6) is 0 Å². The average Bonchev–Trinajstić information content (AvgIpc) is 2.97. The fraction of sp³-hybridized carbons (Fsp3) is 0.412. The lowest BCUT2D eigenvalue weighted by Gasteiger charge is -2.31. The van der Waals surface area contributed by atoms with Crippen molar-refractivity contribution in [1.82, 2.24) is 15.2 Å². The third kappa shape index (κ3) is 4.98. The molecule has 25 heavy (non-hydrogen) atoms. The van der Waals surface area contributed by atoms with E-state index in [9.17, 15) is 9.18 Å². The molecule has 1 aliphatic heterocycles. The van der Waals surface area contributed by atoms with Crippen molar-refractivity contribution in [3.05, 3.63) is 41.2 Å². The van der Waals surface area contributed by atoms with Crippen LogP contribution in [0.25, 0.3) is 0 Å². The number of rotatable bonds is 4. The first-order valence-electron chi connectivity index (χ1n) is 7.99.